The predicted octanol–water partition coefficient (Wildman–Crippen LogP) is 6.47. The molecule has 24 heavy (non-hydrogen) atoms. The van der Waals surface area contributed by atoms with Crippen LogP contribution in [0.4, 0.5) is 13.2 Å². The number of hydrogen-bond donors (Lipinski definition) is 0. The van der Waals surface area contributed by atoms with Crippen molar-refractivity contribution in [2.24, 2.45) is 0 Å². The second-order valence-electron chi connectivity index (χ2n) is 5.49. The molecule has 0 aliphatic rings. The second kappa shape index (κ2) is 6.40. The normalized spacial score (nSPS) is 11.3. The number of aryl methyl sites for hydroxylation is 1. The van der Waals surface area contributed by atoms with Gasteiger partial charge in [-0.1, -0.05) is 54.1 Å². The molecule has 0 saturated carbocycles. The SMILES string of the molecule is Cc1ccc(Oc2ccc(-c3ccccc3)cc2)c(C(F)(F)F)c1. The Labute approximate surface area is 138 Å². The van der Waals surface area contributed by atoms with E-state index in [-0.39, 0.29) is 5.75 Å². The van der Waals surface area contributed by atoms with Crippen molar-refractivity contribution in [1.82, 2.24) is 0 Å². The lowest BCUT2D eigenvalue weighted by Crippen LogP contribution is -2.07. The highest BCUT2D eigenvalue weighted by Gasteiger charge is 2.34. The molecule has 3 aromatic carbocycles. The molecule has 0 bridgehead atoms. The highest BCUT2D eigenvalue weighted by Crippen LogP contribution is 2.38. The molecule has 4 heteroatoms. The first kappa shape index (κ1) is 16.1. The topological polar surface area (TPSA) is 9.23 Å². The van der Waals surface area contributed by atoms with Gasteiger partial charge in [0.2, 0.25) is 0 Å². The molecule has 0 unspecified atom stereocenters. The lowest BCUT2D eigenvalue weighted by molar-refractivity contribution is -0.138. The van der Waals surface area contributed by atoms with Gasteiger partial charge in [-0.3, -0.25) is 0 Å². The molecule has 0 radical (unpaired) electrons. The van der Waals surface area contributed by atoms with E-state index in [9.17, 15) is 13.2 Å². The minimum atomic E-state index is -4.45. The Balaban J connectivity index is 1.87. The quantitative estimate of drug-likeness (QED) is 0.535. The van der Waals surface area contributed by atoms with Gasteiger partial charge >= 0.3 is 6.18 Å². The van der Waals surface area contributed by atoms with Crippen LogP contribution in [0, 0.1) is 6.92 Å². The Morgan fingerprint density at radius 3 is 2.00 bits per heavy atom. The Morgan fingerprint density at radius 1 is 0.750 bits per heavy atom. The molecule has 0 aliphatic carbocycles. The lowest BCUT2D eigenvalue weighted by atomic mass is 10.1. The van der Waals surface area contributed by atoms with E-state index in [0.29, 0.717) is 11.3 Å². The van der Waals surface area contributed by atoms with Crippen molar-refractivity contribution < 1.29 is 17.9 Å². The third-order valence-corrected chi connectivity index (χ3v) is 3.63. The summed E-state index contributed by atoms with van der Waals surface area (Å²) in [6.07, 6.45) is -4.45. The fourth-order valence-corrected chi connectivity index (χ4v) is 2.43. The van der Waals surface area contributed by atoms with E-state index < -0.39 is 11.7 Å². The van der Waals surface area contributed by atoms with Crippen molar-refractivity contribution in [3.05, 3.63) is 83.9 Å². The molecule has 0 amide bonds. The Hall–Kier alpha value is -2.75. The average molecular weight is 328 g/mol. The maximum absolute atomic E-state index is 13.1. The van der Waals surface area contributed by atoms with Crippen LogP contribution in [0.25, 0.3) is 11.1 Å². The molecular formula is C20H15F3O. The molecule has 0 aliphatic heterocycles. The largest absolute Gasteiger partial charge is 0.457 e. The summed E-state index contributed by atoms with van der Waals surface area (Å²) < 4.78 is 44.9. The van der Waals surface area contributed by atoms with E-state index in [1.54, 1.807) is 25.1 Å². The van der Waals surface area contributed by atoms with Crippen LogP contribution in [-0.4, -0.2) is 0 Å². The molecule has 0 saturated heterocycles. The van der Waals surface area contributed by atoms with Gasteiger partial charge in [0, 0.05) is 0 Å². The average Bonchev–Trinajstić information content (AvgIpc) is 2.57. The first-order chi connectivity index (χ1) is 11.4. The third-order valence-electron chi connectivity index (χ3n) is 3.63. The van der Waals surface area contributed by atoms with Crippen LogP contribution >= 0.6 is 0 Å². The van der Waals surface area contributed by atoms with Crippen molar-refractivity contribution in [3.63, 3.8) is 0 Å². The van der Waals surface area contributed by atoms with Gasteiger partial charge in [0.05, 0.1) is 5.56 Å². The Kier molecular flexibility index (Phi) is 4.30. The molecule has 0 N–H and O–H groups in total. The van der Waals surface area contributed by atoms with Crippen LogP contribution < -0.4 is 4.74 Å². The molecule has 3 aromatic rings. The molecule has 3 rings (SSSR count). The van der Waals surface area contributed by atoms with Gasteiger partial charge in [-0.05, 0) is 42.3 Å². The van der Waals surface area contributed by atoms with Crippen molar-refractivity contribution in [1.29, 1.82) is 0 Å². The molecule has 1 nitrogen and oxygen atoms in total. The molecule has 0 spiro atoms. The number of ether oxygens (including phenoxy) is 1. The summed E-state index contributed by atoms with van der Waals surface area (Å²) >= 11 is 0. The van der Waals surface area contributed by atoms with Crippen molar-refractivity contribution in [2.75, 3.05) is 0 Å². The molecule has 0 heterocycles. The van der Waals surface area contributed by atoms with Gasteiger partial charge in [0.25, 0.3) is 0 Å². The second-order valence-corrected chi connectivity index (χ2v) is 5.49. The predicted molar refractivity (Wildman–Crippen MR) is 88.1 cm³/mol. The summed E-state index contributed by atoms with van der Waals surface area (Å²) in [7, 11) is 0. The lowest BCUT2D eigenvalue weighted by Gasteiger charge is -2.14. The summed E-state index contributed by atoms with van der Waals surface area (Å²) in [5.41, 5.74) is 1.78. The highest BCUT2D eigenvalue weighted by molar-refractivity contribution is 5.64. The van der Waals surface area contributed by atoms with E-state index in [1.807, 2.05) is 42.5 Å². The minimum absolute atomic E-state index is 0.194. The first-order valence-corrected chi connectivity index (χ1v) is 7.45. The van der Waals surface area contributed by atoms with E-state index in [1.165, 1.54) is 6.07 Å². The van der Waals surface area contributed by atoms with Gasteiger partial charge in [0.1, 0.15) is 11.5 Å². The van der Waals surface area contributed by atoms with Crippen LogP contribution in [0.5, 0.6) is 11.5 Å². The van der Waals surface area contributed by atoms with E-state index in [0.717, 1.165) is 17.2 Å². The van der Waals surface area contributed by atoms with Gasteiger partial charge < -0.3 is 4.74 Å². The monoisotopic (exact) mass is 328 g/mol. The summed E-state index contributed by atoms with van der Waals surface area (Å²) in [5, 5.41) is 0. The standard InChI is InChI=1S/C20H15F3O/c1-14-7-12-19(18(13-14)20(21,22)23)24-17-10-8-16(9-11-17)15-5-3-2-4-6-15/h2-13H,1H3. The van der Waals surface area contributed by atoms with Gasteiger partial charge in [0.15, 0.2) is 0 Å². The minimum Gasteiger partial charge on any atom is -0.457 e. The molecule has 0 aromatic heterocycles. The van der Waals surface area contributed by atoms with Crippen molar-refractivity contribution in [3.8, 4) is 22.6 Å². The van der Waals surface area contributed by atoms with Crippen LogP contribution in [-0.2, 0) is 6.18 Å². The maximum Gasteiger partial charge on any atom is 0.419 e. The zero-order chi connectivity index (χ0) is 17.2. The summed E-state index contributed by atoms with van der Waals surface area (Å²) in [4.78, 5) is 0. The molecular weight excluding hydrogens is 313 g/mol. The highest BCUT2D eigenvalue weighted by atomic mass is 19.4. The fraction of sp³-hybridized carbons (Fsp3) is 0.100. The maximum atomic E-state index is 13.1. The molecule has 122 valence electrons. The van der Waals surface area contributed by atoms with Crippen molar-refractivity contribution >= 4 is 0 Å². The number of rotatable bonds is 3. The summed E-state index contributed by atoms with van der Waals surface area (Å²) in [6, 6.07) is 20.8. The number of alkyl halides is 3. The van der Waals surface area contributed by atoms with Crippen LogP contribution in [0.15, 0.2) is 72.8 Å². The third kappa shape index (κ3) is 3.59. The van der Waals surface area contributed by atoms with E-state index in [2.05, 4.69) is 0 Å². The van der Waals surface area contributed by atoms with E-state index >= 15 is 0 Å². The van der Waals surface area contributed by atoms with Crippen LogP contribution in [0.2, 0.25) is 0 Å². The Bertz CT molecular complexity index is 822. The van der Waals surface area contributed by atoms with Crippen LogP contribution in [0.3, 0.4) is 0 Å². The number of halogens is 3. The fourth-order valence-electron chi connectivity index (χ4n) is 2.43. The van der Waals surface area contributed by atoms with Gasteiger partial charge in [-0.2, -0.15) is 13.2 Å². The van der Waals surface area contributed by atoms with Gasteiger partial charge in [-0.15, -0.1) is 0 Å². The number of benzene rings is 3. The van der Waals surface area contributed by atoms with Crippen LogP contribution in [0.1, 0.15) is 11.1 Å². The zero-order valence-corrected chi connectivity index (χ0v) is 13.0. The Morgan fingerprint density at radius 2 is 1.38 bits per heavy atom. The summed E-state index contributed by atoms with van der Waals surface area (Å²) in [5.74, 6) is 0.171. The first-order valence-electron chi connectivity index (χ1n) is 7.45. The van der Waals surface area contributed by atoms with Gasteiger partial charge in [-0.25, -0.2) is 0 Å². The number of hydrogen-bond acceptors (Lipinski definition) is 1. The molecule has 0 atom stereocenters. The summed E-state index contributed by atoms with van der Waals surface area (Å²) in [6.45, 7) is 1.62. The van der Waals surface area contributed by atoms with Crippen molar-refractivity contribution in [2.45, 2.75) is 13.1 Å². The van der Waals surface area contributed by atoms with E-state index in [4.69, 9.17) is 4.74 Å². The smallest absolute Gasteiger partial charge is 0.419 e. The molecule has 0 fully saturated rings. The zero-order valence-electron chi connectivity index (χ0n) is 13.0.